The normalized spacial score (nSPS) is 19.8. The van der Waals surface area contributed by atoms with Crippen molar-refractivity contribution in [2.24, 2.45) is 11.8 Å². The molecule has 2 heteroatoms. The van der Waals surface area contributed by atoms with E-state index in [0.717, 1.165) is 24.9 Å². The van der Waals surface area contributed by atoms with Gasteiger partial charge in [0.2, 0.25) is 0 Å². The van der Waals surface area contributed by atoms with E-state index < -0.39 is 0 Å². The molecule has 2 rings (SSSR count). The predicted octanol–water partition coefficient (Wildman–Crippen LogP) is 3.28. The molecule has 18 heavy (non-hydrogen) atoms. The standard InChI is InChI=1S/C16H26N2/c1-4-17-11-14-7-5-6-8-16(14)18-10-9-15(12-18)13(2)3/h5-8,13,15,17H,4,9-12H2,1-3H3. The minimum Gasteiger partial charge on any atom is -0.371 e. The van der Waals surface area contributed by atoms with Crippen molar-refractivity contribution in [2.75, 3.05) is 24.5 Å². The topological polar surface area (TPSA) is 15.3 Å². The van der Waals surface area contributed by atoms with Gasteiger partial charge in [0.25, 0.3) is 0 Å². The van der Waals surface area contributed by atoms with Gasteiger partial charge < -0.3 is 10.2 Å². The number of para-hydroxylation sites is 1. The lowest BCUT2D eigenvalue weighted by molar-refractivity contribution is 0.422. The summed E-state index contributed by atoms with van der Waals surface area (Å²) >= 11 is 0. The Hall–Kier alpha value is -1.02. The summed E-state index contributed by atoms with van der Waals surface area (Å²) in [6.07, 6.45) is 1.34. The van der Waals surface area contributed by atoms with Gasteiger partial charge in [0.1, 0.15) is 0 Å². The summed E-state index contributed by atoms with van der Waals surface area (Å²) in [6.45, 7) is 11.3. The maximum absolute atomic E-state index is 3.44. The summed E-state index contributed by atoms with van der Waals surface area (Å²) in [6, 6.07) is 8.83. The van der Waals surface area contributed by atoms with Crippen LogP contribution in [0.4, 0.5) is 5.69 Å². The van der Waals surface area contributed by atoms with Gasteiger partial charge in [0.15, 0.2) is 0 Å². The average molecular weight is 246 g/mol. The van der Waals surface area contributed by atoms with Crippen molar-refractivity contribution >= 4 is 5.69 Å². The zero-order valence-electron chi connectivity index (χ0n) is 11.9. The fraction of sp³-hybridized carbons (Fsp3) is 0.625. The van der Waals surface area contributed by atoms with Gasteiger partial charge >= 0.3 is 0 Å². The molecule has 1 aliphatic heterocycles. The van der Waals surface area contributed by atoms with E-state index in [4.69, 9.17) is 0 Å². The molecule has 0 spiro atoms. The molecule has 1 saturated heterocycles. The monoisotopic (exact) mass is 246 g/mol. The molecule has 0 radical (unpaired) electrons. The van der Waals surface area contributed by atoms with Gasteiger partial charge in [0, 0.05) is 25.3 Å². The van der Waals surface area contributed by atoms with Gasteiger partial charge in [-0.25, -0.2) is 0 Å². The number of nitrogens with one attached hydrogen (secondary N) is 1. The number of hydrogen-bond donors (Lipinski definition) is 1. The van der Waals surface area contributed by atoms with Gasteiger partial charge in [-0.1, -0.05) is 39.0 Å². The minimum atomic E-state index is 0.802. The molecule has 0 bridgehead atoms. The molecular formula is C16H26N2. The third kappa shape index (κ3) is 3.05. The summed E-state index contributed by atoms with van der Waals surface area (Å²) in [4.78, 5) is 2.57. The summed E-state index contributed by atoms with van der Waals surface area (Å²) in [5.74, 6) is 1.66. The Morgan fingerprint density at radius 2 is 2.11 bits per heavy atom. The van der Waals surface area contributed by atoms with E-state index in [0.29, 0.717) is 0 Å². The van der Waals surface area contributed by atoms with Crippen LogP contribution < -0.4 is 10.2 Å². The molecule has 1 atom stereocenters. The van der Waals surface area contributed by atoms with Crippen LogP contribution in [0.5, 0.6) is 0 Å². The van der Waals surface area contributed by atoms with Crippen molar-refractivity contribution in [2.45, 2.75) is 33.7 Å². The molecule has 1 unspecified atom stereocenters. The van der Waals surface area contributed by atoms with E-state index >= 15 is 0 Å². The molecule has 2 nitrogen and oxygen atoms in total. The highest BCUT2D eigenvalue weighted by atomic mass is 15.2. The molecule has 0 aromatic heterocycles. The average Bonchev–Trinajstić information content (AvgIpc) is 2.86. The van der Waals surface area contributed by atoms with Gasteiger partial charge in [0.05, 0.1) is 0 Å². The van der Waals surface area contributed by atoms with Crippen LogP contribution in [-0.2, 0) is 6.54 Å². The van der Waals surface area contributed by atoms with Crippen molar-refractivity contribution in [3.05, 3.63) is 29.8 Å². The Balaban J connectivity index is 2.08. The SMILES string of the molecule is CCNCc1ccccc1N1CCC(C(C)C)C1. The Bertz CT molecular complexity index is 373. The zero-order valence-corrected chi connectivity index (χ0v) is 11.9. The Morgan fingerprint density at radius 1 is 1.33 bits per heavy atom. The Morgan fingerprint density at radius 3 is 2.78 bits per heavy atom. The molecule has 100 valence electrons. The van der Waals surface area contributed by atoms with Crippen LogP contribution in [0.3, 0.4) is 0 Å². The van der Waals surface area contributed by atoms with Gasteiger partial charge in [-0.3, -0.25) is 0 Å². The fourth-order valence-electron chi connectivity index (χ4n) is 2.78. The smallest absolute Gasteiger partial charge is 0.0411 e. The van der Waals surface area contributed by atoms with Crippen LogP contribution >= 0.6 is 0 Å². The van der Waals surface area contributed by atoms with E-state index in [-0.39, 0.29) is 0 Å². The fourth-order valence-corrected chi connectivity index (χ4v) is 2.78. The first kappa shape index (κ1) is 13.4. The highest BCUT2D eigenvalue weighted by Gasteiger charge is 2.25. The first-order valence-corrected chi connectivity index (χ1v) is 7.26. The first-order valence-electron chi connectivity index (χ1n) is 7.26. The summed E-state index contributed by atoms with van der Waals surface area (Å²) in [5, 5.41) is 3.44. The third-order valence-electron chi connectivity index (χ3n) is 4.07. The van der Waals surface area contributed by atoms with Crippen LogP contribution in [0.15, 0.2) is 24.3 Å². The molecule has 0 saturated carbocycles. The van der Waals surface area contributed by atoms with Crippen molar-refractivity contribution < 1.29 is 0 Å². The van der Waals surface area contributed by atoms with Crippen molar-refractivity contribution in [1.82, 2.24) is 5.32 Å². The highest BCUT2D eigenvalue weighted by molar-refractivity contribution is 5.54. The second-order valence-electron chi connectivity index (χ2n) is 5.65. The van der Waals surface area contributed by atoms with Crippen molar-refractivity contribution in [3.63, 3.8) is 0 Å². The molecule has 0 aliphatic carbocycles. The number of hydrogen-bond acceptors (Lipinski definition) is 2. The molecule has 1 aromatic rings. The van der Waals surface area contributed by atoms with Crippen LogP contribution in [0, 0.1) is 11.8 Å². The summed E-state index contributed by atoms with van der Waals surface area (Å²) < 4.78 is 0. The minimum absolute atomic E-state index is 0.802. The van der Waals surface area contributed by atoms with Crippen molar-refractivity contribution in [3.8, 4) is 0 Å². The molecule has 1 aliphatic rings. The van der Waals surface area contributed by atoms with E-state index in [9.17, 15) is 0 Å². The van der Waals surface area contributed by atoms with Gasteiger partial charge in [-0.05, 0) is 36.4 Å². The molecule has 1 N–H and O–H groups in total. The van der Waals surface area contributed by atoms with Crippen LogP contribution in [0.2, 0.25) is 0 Å². The number of rotatable bonds is 5. The van der Waals surface area contributed by atoms with Crippen LogP contribution in [0.25, 0.3) is 0 Å². The van der Waals surface area contributed by atoms with Gasteiger partial charge in [-0.2, -0.15) is 0 Å². The van der Waals surface area contributed by atoms with Crippen molar-refractivity contribution in [1.29, 1.82) is 0 Å². The first-order chi connectivity index (χ1) is 8.72. The summed E-state index contributed by atoms with van der Waals surface area (Å²) in [5.41, 5.74) is 2.87. The lowest BCUT2D eigenvalue weighted by Gasteiger charge is -2.23. The third-order valence-corrected chi connectivity index (χ3v) is 4.07. The van der Waals surface area contributed by atoms with E-state index in [1.807, 2.05) is 0 Å². The quantitative estimate of drug-likeness (QED) is 0.857. The molecule has 1 fully saturated rings. The maximum atomic E-state index is 3.44. The van der Waals surface area contributed by atoms with E-state index in [1.165, 1.54) is 30.8 Å². The van der Waals surface area contributed by atoms with E-state index in [1.54, 1.807) is 0 Å². The number of anilines is 1. The Kier molecular flexibility index (Phi) is 4.65. The van der Waals surface area contributed by atoms with Crippen LogP contribution in [-0.4, -0.2) is 19.6 Å². The molecule has 1 aromatic carbocycles. The second-order valence-corrected chi connectivity index (χ2v) is 5.65. The molecule has 1 heterocycles. The second kappa shape index (κ2) is 6.24. The largest absolute Gasteiger partial charge is 0.371 e. The highest BCUT2D eigenvalue weighted by Crippen LogP contribution is 2.30. The molecule has 0 amide bonds. The van der Waals surface area contributed by atoms with Gasteiger partial charge in [-0.15, -0.1) is 0 Å². The molecular weight excluding hydrogens is 220 g/mol. The maximum Gasteiger partial charge on any atom is 0.0411 e. The van der Waals surface area contributed by atoms with E-state index in [2.05, 4.69) is 55.3 Å². The van der Waals surface area contributed by atoms with Crippen LogP contribution in [0.1, 0.15) is 32.8 Å². The predicted molar refractivity (Wildman–Crippen MR) is 79.0 cm³/mol. The zero-order chi connectivity index (χ0) is 13.0. The number of benzene rings is 1. The lowest BCUT2D eigenvalue weighted by Crippen LogP contribution is -2.23. The lowest BCUT2D eigenvalue weighted by atomic mass is 9.95. The summed E-state index contributed by atoms with van der Waals surface area (Å²) in [7, 11) is 0. The number of nitrogens with zero attached hydrogens (tertiary/aromatic N) is 1. The Labute approximate surface area is 111 Å².